The molecule has 0 fully saturated rings. The molecule has 1 aromatic carbocycles. The van der Waals surface area contributed by atoms with Gasteiger partial charge in [-0.15, -0.1) is 0 Å². The van der Waals surface area contributed by atoms with E-state index in [1.165, 1.54) is 30.6 Å². The Morgan fingerprint density at radius 2 is 1.81 bits per heavy atom. The van der Waals surface area contributed by atoms with E-state index in [2.05, 4.69) is 20.0 Å². The van der Waals surface area contributed by atoms with Crippen molar-refractivity contribution in [1.29, 1.82) is 0 Å². The summed E-state index contributed by atoms with van der Waals surface area (Å²) in [5.41, 5.74) is 1.45. The molecule has 0 saturated heterocycles. The lowest BCUT2D eigenvalue weighted by atomic mass is 10.0. The van der Waals surface area contributed by atoms with Crippen LogP contribution < -0.4 is 10.1 Å². The first-order valence-electron chi connectivity index (χ1n) is 7.99. The highest BCUT2D eigenvalue weighted by Gasteiger charge is 2.43. The Balaban J connectivity index is 2.16. The van der Waals surface area contributed by atoms with Gasteiger partial charge in [0.05, 0.1) is 11.7 Å². The van der Waals surface area contributed by atoms with E-state index >= 15 is 0 Å². The van der Waals surface area contributed by atoms with Crippen molar-refractivity contribution in [1.82, 2.24) is 9.97 Å². The zero-order valence-electron chi connectivity index (χ0n) is 14.1. The molecule has 0 aliphatic rings. The standard InChI is InChI=1S/C17H18ClF4N3O/c1-3-12(25-15-14(18)13(4-2)23-9-24-15)10-5-7-11(8-6-10)26-17(21,22)16(19)20/h5-9,12,16H,3-4H2,1-2H3,(H,23,24,25). The second kappa shape index (κ2) is 8.53. The minimum Gasteiger partial charge on any atom is -0.428 e. The average molecular weight is 392 g/mol. The van der Waals surface area contributed by atoms with Crippen LogP contribution in [0.3, 0.4) is 0 Å². The molecule has 0 spiro atoms. The first kappa shape index (κ1) is 20.2. The molecular weight excluding hydrogens is 374 g/mol. The average Bonchev–Trinajstić information content (AvgIpc) is 2.61. The van der Waals surface area contributed by atoms with Gasteiger partial charge < -0.3 is 10.1 Å². The van der Waals surface area contributed by atoms with E-state index in [1.54, 1.807) is 0 Å². The highest BCUT2D eigenvalue weighted by Crippen LogP contribution is 2.31. The van der Waals surface area contributed by atoms with Gasteiger partial charge in [0.2, 0.25) is 0 Å². The molecule has 2 rings (SSSR count). The molecule has 1 heterocycles. The van der Waals surface area contributed by atoms with Crippen molar-refractivity contribution >= 4 is 17.4 Å². The van der Waals surface area contributed by atoms with Crippen LogP contribution in [-0.2, 0) is 6.42 Å². The Hall–Kier alpha value is -2.09. The van der Waals surface area contributed by atoms with Crippen molar-refractivity contribution in [3.63, 3.8) is 0 Å². The smallest absolute Gasteiger partial charge is 0.428 e. The first-order chi connectivity index (χ1) is 12.3. The van der Waals surface area contributed by atoms with E-state index in [9.17, 15) is 17.6 Å². The van der Waals surface area contributed by atoms with Crippen molar-refractivity contribution in [3.05, 3.63) is 46.9 Å². The van der Waals surface area contributed by atoms with E-state index in [0.717, 1.165) is 5.56 Å². The van der Waals surface area contributed by atoms with Crippen molar-refractivity contribution < 1.29 is 22.3 Å². The summed E-state index contributed by atoms with van der Waals surface area (Å²) in [4.78, 5) is 8.22. The number of alkyl halides is 4. The lowest BCUT2D eigenvalue weighted by molar-refractivity contribution is -0.253. The van der Waals surface area contributed by atoms with E-state index in [1.807, 2.05) is 13.8 Å². The number of halogens is 5. The summed E-state index contributed by atoms with van der Waals surface area (Å²) in [6.07, 6.45) is -5.73. The third-order valence-corrected chi connectivity index (χ3v) is 4.10. The van der Waals surface area contributed by atoms with E-state index in [4.69, 9.17) is 11.6 Å². The molecule has 0 aliphatic carbocycles. The maximum absolute atomic E-state index is 12.9. The van der Waals surface area contributed by atoms with E-state index in [-0.39, 0.29) is 11.8 Å². The second-order valence-electron chi connectivity index (χ2n) is 5.48. The summed E-state index contributed by atoms with van der Waals surface area (Å²) in [7, 11) is 0. The fourth-order valence-corrected chi connectivity index (χ4v) is 2.60. The van der Waals surface area contributed by atoms with Crippen LogP contribution in [-0.4, -0.2) is 22.5 Å². The first-order valence-corrected chi connectivity index (χ1v) is 8.37. The predicted molar refractivity (Wildman–Crippen MR) is 91.1 cm³/mol. The molecule has 1 unspecified atom stereocenters. The predicted octanol–water partition coefficient (Wildman–Crippen LogP) is 5.49. The molecule has 0 saturated carbocycles. The molecule has 1 N–H and O–H groups in total. The highest BCUT2D eigenvalue weighted by molar-refractivity contribution is 6.33. The molecule has 1 aromatic heterocycles. The number of anilines is 1. The topological polar surface area (TPSA) is 47.0 Å². The Morgan fingerprint density at radius 1 is 1.15 bits per heavy atom. The number of aryl methyl sites for hydroxylation is 1. The van der Waals surface area contributed by atoms with Crippen LogP contribution in [0.25, 0.3) is 0 Å². The van der Waals surface area contributed by atoms with E-state index < -0.39 is 12.5 Å². The number of nitrogens with zero attached hydrogens (tertiary/aromatic N) is 2. The molecule has 26 heavy (non-hydrogen) atoms. The van der Waals surface area contributed by atoms with Gasteiger partial charge in [0.15, 0.2) is 0 Å². The van der Waals surface area contributed by atoms with Gasteiger partial charge >= 0.3 is 12.5 Å². The largest absolute Gasteiger partial charge is 0.461 e. The molecule has 0 radical (unpaired) electrons. The van der Waals surface area contributed by atoms with Gasteiger partial charge in [0, 0.05) is 0 Å². The Labute approximate surface area is 153 Å². The molecule has 2 aromatic rings. The second-order valence-corrected chi connectivity index (χ2v) is 5.85. The molecule has 142 valence electrons. The molecule has 0 aliphatic heterocycles. The van der Waals surface area contributed by atoms with Crippen molar-refractivity contribution in [2.45, 2.75) is 45.3 Å². The van der Waals surface area contributed by atoms with E-state index in [0.29, 0.717) is 29.4 Å². The van der Waals surface area contributed by atoms with Crippen LogP contribution in [0.2, 0.25) is 5.02 Å². The quantitative estimate of drug-likeness (QED) is 0.604. The van der Waals surface area contributed by atoms with Gasteiger partial charge in [0.25, 0.3) is 0 Å². The summed E-state index contributed by atoms with van der Waals surface area (Å²) in [6, 6.07) is 5.27. The number of hydrogen-bond donors (Lipinski definition) is 1. The highest BCUT2D eigenvalue weighted by atomic mass is 35.5. The van der Waals surface area contributed by atoms with Gasteiger partial charge in [-0.05, 0) is 30.5 Å². The zero-order valence-corrected chi connectivity index (χ0v) is 14.9. The molecule has 0 amide bonds. The summed E-state index contributed by atoms with van der Waals surface area (Å²) in [6.45, 7) is 3.84. The summed E-state index contributed by atoms with van der Waals surface area (Å²) < 4.78 is 54.3. The number of rotatable bonds is 8. The van der Waals surface area contributed by atoms with Crippen LogP contribution in [0.1, 0.15) is 37.6 Å². The Kier molecular flexibility index (Phi) is 6.63. The van der Waals surface area contributed by atoms with Crippen LogP contribution in [0, 0.1) is 0 Å². The monoisotopic (exact) mass is 391 g/mol. The van der Waals surface area contributed by atoms with Gasteiger partial charge in [0.1, 0.15) is 22.9 Å². The maximum atomic E-state index is 12.9. The third-order valence-electron chi connectivity index (χ3n) is 3.71. The van der Waals surface area contributed by atoms with Crippen LogP contribution in [0.15, 0.2) is 30.6 Å². The van der Waals surface area contributed by atoms with Crippen LogP contribution >= 0.6 is 11.6 Å². The van der Waals surface area contributed by atoms with Crippen LogP contribution in [0.5, 0.6) is 5.75 Å². The molecule has 9 heteroatoms. The van der Waals surface area contributed by atoms with Crippen molar-refractivity contribution in [2.75, 3.05) is 5.32 Å². The Bertz CT molecular complexity index is 728. The number of benzene rings is 1. The zero-order chi connectivity index (χ0) is 19.3. The number of hydrogen-bond acceptors (Lipinski definition) is 4. The van der Waals surface area contributed by atoms with Gasteiger partial charge in [-0.2, -0.15) is 17.6 Å². The SMILES string of the molecule is CCc1ncnc(NC(CC)c2ccc(OC(F)(F)C(F)F)cc2)c1Cl. The molecular formula is C17H18ClF4N3O. The summed E-state index contributed by atoms with van der Waals surface area (Å²) in [5, 5.41) is 3.60. The number of ether oxygens (including phenoxy) is 1. The van der Waals surface area contributed by atoms with Crippen molar-refractivity contribution in [2.24, 2.45) is 0 Å². The fraction of sp³-hybridized carbons (Fsp3) is 0.412. The Morgan fingerprint density at radius 3 is 2.35 bits per heavy atom. The summed E-state index contributed by atoms with van der Waals surface area (Å²) >= 11 is 6.26. The van der Waals surface area contributed by atoms with Crippen molar-refractivity contribution in [3.8, 4) is 5.75 Å². The number of aromatic nitrogens is 2. The molecule has 0 bridgehead atoms. The van der Waals surface area contributed by atoms with Gasteiger partial charge in [-0.3, -0.25) is 0 Å². The minimum atomic E-state index is -4.53. The number of nitrogens with one attached hydrogen (secondary N) is 1. The minimum absolute atomic E-state index is 0.211. The fourth-order valence-electron chi connectivity index (χ4n) is 2.31. The normalized spacial score (nSPS) is 12.9. The summed E-state index contributed by atoms with van der Waals surface area (Å²) in [5.74, 6) is 0.122. The lowest BCUT2D eigenvalue weighted by Gasteiger charge is -2.20. The third kappa shape index (κ3) is 4.75. The lowest BCUT2D eigenvalue weighted by Crippen LogP contribution is -2.33. The molecule has 1 atom stereocenters. The molecule has 4 nitrogen and oxygen atoms in total. The van der Waals surface area contributed by atoms with Gasteiger partial charge in [-0.1, -0.05) is 37.6 Å². The van der Waals surface area contributed by atoms with Gasteiger partial charge in [-0.25, -0.2) is 9.97 Å². The van der Waals surface area contributed by atoms with Crippen LogP contribution in [0.4, 0.5) is 23.4 Å². The maximum Gasteiger partial charge on any atom is 0.461 e.